The van der Waals surface area contributed by atoms with Crippen molar-refractivity contribution in [2.24, 2.45) is 0 Å². The minimum absolute atomic E-state index is 0.0305. The van der Waals surface area contributed by atoms with Crippen LogP contribution >= 0.6 is 0 Å². The van der Waals surface area contributed by atoms with E-state index in [-0.39, 0.29) is 5.78 Å². The first-order valence-electron chi connectivity index (χ1n) is 7.71. The van der Waals surface area contributed by atoms with Crippen LogP contribution in [0.3, 0.4) is 0 Å². The fraction of sp³-hybridized carbons (Fsp3) is 0.0455. The Labute approximate surface area is 137 Å². The third-order valence-corrected chi connectivity index (χ3v) is 3.85. The Hall–Kier alpha value is -2.93. The van der Waals surface area contributed by atoms with Gasteiger partial charge in [0, 0.05) is 0 Å². The van der Waals surface area contributed by atoms with Gasteiger partial charge in [-0.25, -0.2) is 0 Å². The predicted molar refractivity (Wildman–Crippen MR) is 96.7 cm³/mol. The summed E-state index contributed by atoms with van der Waals surface area (Å²) in [5.74, 6) is 0.0305. The standard InChI is InChI=1S/C22H18O/c1-2-21(17-9-5-3-6-10-17)22(18-11-7-4-8-12-18)19-13-15-20(23)16-14-19/h2-16H,1H3/b21-2+. The van der Waals surface area contributed by atoms with Gasteiger partial charge in [-0.2, -0.15) is 0 Å². The van der Waals surface area contributed by atoms with Gasteiger partial charge in [0.1, 0.15) is 0 Å². The lowest BCUT2D eigenvalue weighted by atomic mass is 9.87. The molecule has 1 aliphatic carbocycles. The minimum Gasteiger partial charge on any atom is -0.290 e. The summed E-state index contributed by atoms with van der Waals surface area (Å²) in [6.07, 6.45) is 9.17. The number of hydrogen-bond acceptors (Lipinski definition) is 1. The highest BCUT2D eigenvalue weighted by Gasteiger charge is 2.14. The van der Waals surface area contributed by atoms with Crippen molar-refractivity contribution >= 4 is 16.9 Å². The Morgan fingerprint density at radius 2 is 1.26 bits per heavy atom. The average Bonchev–Trinajstić information content (AvgIpc) is 2.62. The van der Waals surface area contributed by atoms with Crippen LogP contribution < -0.4 is 0 Å². The zero-order valence-corrected chi connectivity index (χ0v) is 13.1. The van der Waals surface area contributed by atoms with Gasteiger partial charge in [-0.3, -0.25) is 4.79 Å². The van der Waals surface area contributed by atoms with Gasteiger partial charge in [-0.1, -0.05) is 78.9 Å². The van der Waals surface area contributed by atoms with E-state index in [9.17, 15) is 4.79 Å². The molecule has 0 N–H and O–H groups in total. The SMILES string of the molecule is C/C=C(/C(=C1C=CC(=O)C=C1)c1ccccc1)c1ccccc1. The first-order chi connectivity index (χ1) is 11.3. The number of carbonyl (C=O) groups is 1. The van der Waals surface area contributed by atoms with Crippen molar-refractivity contribution in [2.75, 3.05) is 0 Å². The summed E-state index contributed by atoms with van der Waals surface area (Å²) in [5.41, 5.74) is 5.66. The largest absolute Gasteiger partial charge is 0.290 e. The molecule has 0 saturated heterocycles. The number of rotatable bonds is 3. The van der Waals surface area contributed by atoms with Gasteiger partial charge in [0.25, 0.3) is 0 Å². The van der Waals surface area contributed by atoms with E-state index in [1.54, 1.807) is 12.2 Å². The zero-order valence-electron chi connectivity index (χ0n) is 13.1. The molecular weight excluding hydrogens is 280 g/mol. The number of hydrogen-bond donors (Lipinski definition) is 0. The van der Waals surface area contributed by atoms with Crippen LogP contribution in [0.2, 0.25) is 0 Å². The van der Waals surface area contributed by atoms with E-state index >= 15 is 0 Å². The van der Waals surface area contributed by atoms with Gasteiger partial charge in [0.2, 0.25) is 0 Å². The summed E-state index contributed by atoms with van der Waals surface area (Å²) in [6.45, 7) is 2.05. The van der Waals surface area contributed by atoms with Crippen LogP contribution in [-0.2, 0) is 4.79 Å². The smallest absolute Gasteiger partial charge is 0.178 e. The second-order valence-corrected chi connectivity index (χ2v) is 5.33. The minimum atomic E-state index is 0.0305. The number of benzene rings is 2. The van der Waals surface area contributed by atoms with E-state index in [1.165, 1.54) is 5.56 Å². The van der Waals surface area contributed by atoms with Gasteiger partial charge in [-0.15, -0.1) is 0 Å². The maximum atomic E-state index is 11.5. The monoisotopic (exact) mass is 298 g/mol. The Morgan fingerprint density at radius 3 is 1.78 bits per heavy atom. The van der Waals surface area contributed by atoms with E-state index in [4.69, 9.17) is 0 Å². The van der Waals surface area contributed by atoms with Crippen molar-refractivity contribution in [3.63, 3.8) is 0 Å². The Balaban J connectivity index is 2.21. The summed E-state index contributed by atoms with van der Waals surface area (Å²) >= 11 is 0. The van der Waals surface area contributed by atoms with Gasteiger partial charge < -0.3 is 0 Å². The molecule has 0 unspecified atom stereocenters. The first-order valence-corrected chi connectivity index (χ1v) is 7.71. The summed E-state index contributed by atoms with van der Waals surface area (Å²) in [6, 6.07) is 20.6. The Morgan fingerprint density at radius 1 is 0.739 bits per heavy atom. The first kappa shape index (κ1) is 15.0. The van der Waals surface area contributed by atoms with Crippen LogP contribution in [0.25, 0.3) is 11.1 Å². The van der Waals surface area contributed by atoms with Crippen molar-refractivity contribution in [1.82, 2.24) is 0 Å². The molecule has 1 nitrogen and oxygen atoms in total. The Kier molecular flexibility index (Phi) is 4.49. The van der Waals surface area contributed by atoms with E-state index in [1.807, 2.05) is 55.5 Å². The molecule has 0 atom stereocenters. The number of allylic oxidation sites excluding steroid dienone is 8. The van der Waals surface area contributed by atoms with Crippen LogP contribution in [0, 0.1) is 0 Å². The molecule has 0 amide bonds. The van der Waals surface area contributed by atoms with E-state index < -0.39 is 0 Å². The van der Waals surface area contributed by atoms with Crippen LogP contribution in [-0.4, -0.2) is 5.78 Å². The molecule has 0 spiro atoms. The second kappa shape index (κ2) is 6.89. The molecular formula is C22H18O. The van der Waals surface area contributed by atoms with Crippen LogP contribution in [0.5, 0.6) is 0 Å². The van der Waals surface area contributed by atoms with Gasteiger partial charge in [0.15, 0.2) is 5.78 Å². The van der Waals surface area contributed by atoms with Crippen LogP contribution in [0.15, 0.2) is 96.6 Å². The highest BCUT2D eigenvalue weighted by molar-refractivity contribution is 6.10. The van der Waals surface area contributed by atoms with Crippen molar-refractivity contribution in [2.45, 2.75) is 6.92 Å². The average molecular weight is 298 g/mol. The van der Waals surface area contributed by atoms with E-state index in [2.05, 4.69) is 30.3 Å². The summed E-state index contributed by atoms with van der Waals surface area (Å²) in [4.78, 5) is 11.5. The highest BCUT2D eigenvalue weighted by Crippen LogP contribution is 2.35. The maximum Gasteiger partial charge on any atom is 0.178 e. The number of ketones is 1. The molecule has 0 heterocycles. The predicted octanol–water partition coefficient (Wildman–Crippen LogP) is 5.24. The van der Waals surface area contributed by atoms with Gasteiger partial charge >= 0.3 is 0 Å². The normalized spacial score (nSPS) is 14.2. The number of carbonyl (C=O) groups excluding carboxylic acids is 1. The van der Waals surface area contributed by atoms with E-state index in [0.29, 0.717) is 0 Å². The third-order valence-electron chi connectivity index (χ3n) is 3.85. The van der Waals surface area contributed by atoms with Crippen molar-refractivity contribution in [1.29, 1.82) is 0 Å². The summed E-state index contributed by atoms with van der Waals surface area (Å²) in [5, 5.41) is 0. The summed E-state index contributed by atoms with van der Waals surface area (Å²) in [7, 11) is 0. The lowest BCUT2D eigenvalue weighted by molar-refractivity contribution is -0.110. The maximum absolute atomic E-state index is 11.5. The highest BCUT2D eigenvalue weighted by atomic mass is 16.1. The fourth-order valence-corrected chi connectivity index (χ4v) is 2.78. The molecule has 0 aliphatic heterocycles. The van der Waals surface area contributed by atoms with Crippen LogP contribution in [0.4, 0.5) is 0 Å². The molecule has 0 fully saturated rings. The molecule has 0 radical (unpaired) electrons. The quantitative estimate of drug-likeness (QED) is 0.757. The van der Waals surface area contributed by atoms with E-state index in [0.717, 1.165) is 22.3 Å². The zero-order chi connectivity index (χ0) is 16.1. The van der Waals surface area contributed by atoms with Crippen molar-refractivity contribution in [3.8, 4) is 0 Å². The van der Waals surface area contributed by atoms with Crippen molar-refractivity contribution < 1.29 is 4.79 Å². The molecule has 0 aromatic heterocycles. The molecule has 1 aliphatic rings. The lowest BCUT2D eigenvalue weighted by Gasteiger charge is -2.17. The molecule has 112 valence electrons. The topological polar surface area (TPSA) is 17.1 Å². The third kappa shape index (κ3) is 3.29. The molecule has 2 aromatic carbocycles. The Bertz CT molecular complexity index is 801. The molecule has 23 heavy (non-hydrogen) atoms. The second-order valence-electron chi connectivity index (χ2n) is 5.33. The molecule has 3 rings (SSSR count). The molecule has 2 aromatic rings. The lowest BCUT2D eigenvalue weighted by Crippen LogP contribution is -1.98. The van der Waals surface area contributed by atoms with Gasteiger partial charge in [-0.05, 0) is 46.9 Å². The van der Waals surface area contributed by atoms with Gasteiger partial charge in [0.05, 0.1) is 0 Å². The molecule has 0 saturated carbocycles. The fourth-order valence-electron chi connectivity index (χ4n) is 2.78. The summed E-state index contributed by atoms with van der Waals surface area (Å²) < 4.78 is 0. The molecule has 1 heteroatoms. The van der Waals surface area contributed by atoms with Crippen molar-refractivity contribution in [3.05, 3.63) is 108 Å². The molecule has 0 bridgehead atoms. The van der Waals surface area contributed by atoms with Crippen LogP contribution in [0.1, 0.15) is 18.1 Å².